The van der Waals surface area contributed by atoms with Gasteiger partial charge in [-0.05, 0) is 84.2 Å². The van der Waals surface area contributed by atoms with Crippen molar-refractivity contribution in [2.24, 2.45) is 0 Å². The van der Waals surface area contributed by atoms with Crippen molar-refractivity contribution in [3.8, 4) is 51.1 Å². The maximum Gasteiger partial charge on any atom is 0.227 e. The van der Waals surface area contributed by atoms with Gasteiger partial charge in [0.15, 0.2) is 11.2 Å². The minimum atomic E-state index is 0.587. The largest absolute Gasteiger partial charge is 0.436 e. The van der Waals surface area contributed by atoms with Crippen molar-refractivity contribution in [3.05, 3.63) is 170 Å². The predicted octanol–water partition coefficient (Wildman–Crippen LogP) is 12.3. The van der Waals surface area contributed by atoms with Crippen molar-refractivity contribution in [3.63, 3.8) is 0 Å². The molecule has 6 heteroatoms. The molecule has 0 atom stereocenters. The molecule has 4 aromatic heterocycles. The quantitative estimate of drug-likeness (QED) is 0.181. The first-order valence-electron chi connectivity index (χ1n) is 17.6. The Labute approximate surface area is 303 Å². The smallest absolute Gasteiger partial charge is 0.227 e. The van der Waals surface area contributed by atoms with Gasteiger partial charge in [0.05, 0.1) is 28.1 Å². The SMILES string of the molecule is c1ccc(-c2cccc(-c3ccc(-n4c5ccc(-c6nc7ccccc7o6)cc5c5cc(-c6nc7ccccc7o6)ccc54)c4ccccc34)n2)cc1. The molecule has 0 saturated heterocycles. The molecule has 0 aliphatic rings. The fourth-order valence-electron chi connectivity index (χ4n) is 7.60. The van der Waals surface area contributed by atoms with Crippen LogP contribution in [0.4, 0.5) is 0 Å². The van der Waals surface area contributed by atoms with E-state index in [4.69, 9.17) is 23.8 Å². The monoisotopic (exact) mass is 680 g/mol. The van der Waals surface area contributed by atoms with Crippen molar-refractivity contribution >= 4 is 54.8 Å². The number of nitrogens with zero attached hydrogens (tertiary/aromatic N) is 4. The van der Waals surface area contributed by atoms with E-state index in [9.17, 15) is 0 Å². The average Bonchev–Trinajstić information content (AvgIpc) is 3.95. The van der Waals surface area contributed by atoms with Crippen LogP contribution in [0.5, 0.6) is 0 Å². The highest BCUT2D eigenvalue weighted by molar-refractivity contribution is 6.13. The topological polar surface area (TPSA) is 69.9 Å². The van der Waals surface area contributed by atoms with Gasteiger partial charge in [0, 0.05) is 38.4 Å². The van der Waals surface area contributed by atoms with Gasteiger partial charge in [-0.1, -0.05) is 91.0 Å². The molecule has 0 amide bonds. The summed E-state index contributed by atoms with van der Waals surface area (Å²) in [5.74, 6) is 1.17. The molecule has 11 rings (SSSR count). The summed E-state index contributed by atoms with van der Waals surface area (Å²) in [5, 5.41) is 4.40. The lowest BCUT2D eigenvalue weighted by Crippen LogP contribution is -1.97. The van der Waals surface area contributed by atoms with Crippen LogP contribution in [0.2, 0.25) is 0 Å². The van der Waals surface area contributed by atoms with Gasteiger partial charge in [-0.2, -0.15) is 0 Å². The lowest BCUT2D eigenvalue weighted by molar-refractivity contribution is 0.619. The number of oxazole rings is 2. The summed E-state index contributed by atoms with van der Waals surface area (Å²) in [7, 11) is 0. The molecule has 0 radical (unpaired) electrons. The first kappa shape index (κ1) is 29.4. The zero-order valence-corrected chi connectivity index (χ0v) is 28.3. The van der Waals surface area contributed by atoms with E-state index < -0.39 is 0 Å². The second-order valence-electron chi connectivity index (χ2n) is 13.2. The summed E-state index contributed by atoms with van der Waals surface area (Å²) in [4.78, 5) is 14.8. The third-order valence-corrected chi connectivity index (χ3v) is 10.1. The molecule has 11 aromatic rings. The van der Waals surface area contributed by atoms with Crippen LogP contribution >= 0.6 is 0 Å². The minimum absolute atomic E-state index is 0.587. The molecule has 6 nitrogen and oxygen atoms in total. The van der Waals surface area contributed by atoms with Crippen LogP contribution < -0.4 is 0 Å². The van der Waals surface area contributed by atoms with Crippen molar-refractivity contribution in [1.82, 2.24) is 19.5 Å². The first-order chi connectivity index (χ1) is 26.2. The molecule has 0 spiro atoms. The number of pyridine rings is 1. The molecule has 0 saturated carbocycles. The lowest BCUT2D eigenvalue weighted by atomic mass is 9.99. The Bertz CT molecular complexity index is 2990. The summed E-state index contributed by atoms with van der Waals surface area (Å²) >= 11 is 0. The molecular weight excluding hydrogens is 653 g/mol. The van der Waals surface area contributed by atoms with Crippen molar-refractivity contribution in [1.29, 1.82) is 0 Å². The van der Waals surface area contributed by atoms with Gasteiger partial charge in [-0.25, -0.2) is 15.0 Å². The van der Waals surface area contributed by atoms with Crippen molar-refractivity contribution in [2.75, 3.05) is 0 Å². The number of hydrogen-bond donors (Lipinski definition) is 0. The molecule has 4 heterocycles. The lowest BCUT2D eigenvalue weighted by Gasteiger charge is -2.15. The van der Waals surface area contributed by atoms with Crippen molar-refractivity contribution in [2.45, 2.75) is 0 Å². The highest BCUT2D eigenvalue weighted by Gasteiger charge is 2.20. The first-order valence-corrected chi connectivity index (χ1v) is 17.6. The van der Waals surface area contributed by atoms with Crippen LogP contribution in [0.25, 0.3) is 106 Å². The fourth-order valence-corrected chi connectivity index (χ4v) is 7.60. The molecule has 0 bridgehead atoms. The van der Waals surface area contributed by atoms with Crippen LogP contribution in [0.1, 0.15) is 0 Å². The van der Waals surface area contributed by atoms with Crippen LogP contribution in [0, 0.1) is 0 Å². The zero-order valence-electron chi connectivity index (χ0n) is 28.3. The third kappa shape index (κ3) is 4.77. The molecule has 0 aliphatic carbocycles. The molecule has 0 unspecified atom stereocenters. The Morgan fingerprint density at radius 2 is 0.943 bits per heavy atom. The van der Waals surface area contributed by atoms with Gasteiger partial charge in [0.25, 0.3) is 0 Å². The summed E-state index contributed by atoms with van der Waals surface area (Å²) in [5.41, 5.74) is 12.3. The summed E-state index contributed by atoms with van der Waals surface area (Å²) in [6.45, 7) is 0. The van der Waals surface area contributed by atoms with Crippen LogP contribution in [-0.2, 0) is 0 Å². The number of benzene rings is 7. The standard InChI is InChI=1S/C47H28N4O2/c1-2-11-29(12-3-1)37-17-10-18-38(48-37)33-23-26-41(34-14-5-4-13-32(33)34)51-42-24-21-30(46-49-39-15-6-8-19-44(39)52-46)27-35(42)36-28-31(22-25-43(36)51)47-50-40-16-7-9-20-45(40)53-47/h1-28H. The molecule has 0 fully saturated rings. The Balaban J connectivity index is 1.13. The van der Waals surface area contributed by atoms with Gasteiger partial charge in [0.2, 0.25) is 11.8 Å². The summed E-state index contributed by atoms with van der Waals surface area (Å²) < 4.78 is 14.8. The van der Waals surface area contributed by atoms with E-state index in [2.05, 4.69) is 108 Å². The van der Waals surface area contributed by atoms with Gasteiger partial charge in [-0.3, -0.25) is 0 Å². The average molecular weight is 681 g/mol. The van der Waals surface area contributed by atoms with Crippen molar-refractivity contribution < 1.29 is 8.83 Å². The zero-order chi connectivity index (χ0) is 34.9. The Morgan fingerprint density at radius 3 is 1.58 bits per heavy atom. The molecular formula is C47H28N4O2. The summed E-state index contributed by atoms with van der Waals surface area (Å²) in [6, 6.07) is 58.2. The molecule has 0 N–H and O–H groups in total. The van der Waals surface area contributed by atoms with Gasteiger partial charge in [0.1, 0.15) is 11.0 Å². The van der Waals surface area contributed by atoms with E-state index in [-0.39, 0.29) is 0 Å². The van der Waals surface area contributed by atoms with E-state index in [0.29, 0.717) is 11.8 Å². The van der Waals surface area contributed by atoms with Gasteiger partial charge < -0.3 is 13.4 Å². The highest BCUT2D eigenvalue weighted by atomic mass is 16.4. The Hall–Kier alpha value is -7.31. The van der Waals surface area contributed by atoms with E-state index in [1.165, 1.54) is 0 Å². The number of para-hydroxylation sites is 4. The number of rotatable bonds is 5. The van der Waals surface area contributed by atoms with E-state index in [1.807, 2.05) is 66.7 Å². The molecule has 7 aromatic carbocycles. The summed E-state index contributed by atoms with van der Waals surface area (Å²) in [6.07, 6.45) is 0. The molecule has 248 valence electrons. The second kappa shape index (κ2) is 11.6. The third-order valence-electron chi connectivity index (χ3n) is 10.1. The maximum absolute atomic E-state index is 6.23. The minimum Gasteiger partial charge on any atom is -0.436 e. The number of hydrogen-bond acceptors (Lipinski definition) is 5. The number of aromatic nitrogens is 4. The number of fused-ring (bicyclic) bond motifs is 6. The van der Waals surface area contributed by atoms with E-state index >= 15 is 0 Å². The molecule has 0 aliphatic heterocycles. The molecule has 53 heavy (non-hydrogen) atoms. The Kier molecular flexibility index (Phi) is 6.45. The van der Waals surface area contributed by atoms with E-state index in [0.717, 1.165) is 94.1 Å². The van der Waals surface area contributed by atoms with E-state index in [1.54, 1.807) is 0 Å². The van der Waals surface area contributed by atoms with Crippen LogP contribution in [0.15, 0.2) is 179 Å². The fraction of sp³-hybridized carbons (Fsp3) is 0. The highest BCUT2D eigenvalue weighted by Crippen LogP contribution is 2.41. The predicted molar refractivity (Wildman–Crippen MR) is 213 cm³/mol. The van der Waals surface area contributed by atoms with Crippen LogP contribution in [0.3, 0.4) is 0 Å². The second-order valence-corrected chi connectivity index (χ2v) is 13.2. The van der Waals surface area contributed by atoms with Crippen LogP contribution in [-0.4, -0.2) is 19.5 Å². The van der Waals surface area contributed by atoms with Gasteiger partial charge in [-0.15, -0.1) is 0 Å². The van der Waals surface area contributed by atoms with Gasteiger partial charge >= 0.3 is 0 Å². The maximum atomic E-state index is 6.23. The normalized spacial score (nSPS) is 11.8. The Morgan fingerprint density at radius 1 is 0.377 bits per heavy atom.